The minimum Gasteiger partial charge on any atom is -0.507 e. The van der Waals surface area contributed by atoms with Crippen molar-refractivity contribution in [3.8, 4) is 5.75 Å². The standard InChI is InChI=1S/C16H15BrClNO2/c1-16(10-17,11-5-3-2-4-6-11)19-15(21)13-9-12(18)7-8-14(13)20/h2-9,20H,10H2,1H3,(H,19,21). The fourth-order valence-electron chi connectivity index (χ4n) is 2.00. The van der Waals surface area contributed by atoms with Gasteiger partial charge >= 0.3 is 0 Å². The Morgan fingerprint density at radius 2 is 1.95 bits per heavy atom. The van der Waals surface area contributed by atoms with E-state index in [0.717, 1.165) is 5.56 Å². The van der Waals surface area contributed by atoms with Gasteiger partial charge in [0.1, 0.15) is 5.75 Å². The first-order chi connectivity index (χ1) is 9.96. The van der Waals surface area contributed by atoms with Crippen molar-refractivity contribution in [1.82, 2.24) is 5.32 Å². The normalized spacial score (nSPS) is 13.5. The zero-order valence-electron chi connectivity index (χ0n) is 11.4. The van der Waals surface area contributed by atoms with Crippen LogP contribution in [0.5, 0.6) is 5.75 Å². The third kappa shape index (κ3) is 3.57. The first kappa shape index (κ1) is 15.9. The minimum absolute atomic E-state index is 0.0955. The van der Waals surface area contributed by atoms with Crippen LogP contribution in [0.1, 0.15) is 22.8 Å². The van der Waals surface area contributed by atoms with Crippen LogP contribution in [0.25, 0.3) is 0 Å². The Labute approximate surface area is 137 Å². The molecule has 0 spiro atoms. The van der Waals surface area contributed by atoms with Crippen molar-refractivity contribution in [3.05, 3.63) is 64.7 Å². The number of aromatic hydroxyl groups is 1. The Balaban J connectivity index is 2.30. The predicted molar refractivity (Wildman–Crippen MR) is 88.2 cm³/mol. The number of phenolic OH excluding ortho intramolecular Hbond substituents is 1. The smallest absolute Gasteiger partial charge is 0.255 e. The first-order valence-corrected chi connectivity index (χ1v) is 7.89. The Hall–Kier alpha value is -1.52. The third-order valence-electron chi connectivity index (χ3n) is 3.27. The van der Waals surface area contributed by atoms with E-state index in [9.17, 15) is 9.90 Å². The van der Waals surface area contributed by atoms with Crippen molar-refractivity contribution in [2.45, 2.75) is 12.5 Å². The van der Waals surface area contributed by atoms with Crippen molar-refractivity contribution in [2.24, 2.45) is 0 Å². The van der Waals surface area contributed by atoms with E-state index in [-0.39, 0.29) is 17.2 Å². The molecule has 2 aromatic rings. The maximum absolute atomic E-state index is 12.4. The quantitative estimate of drug-likeness (QED) is 0.799. The lowest BCUT2D eigenvalue weighted by molar-refractivity contribution is 0.0911. The van der Waals surface area contributed by atoms with E-state index in [1.54, 1.807) is 0 Å². The van der Waals surface area contributed by atoms with Gasteiger partial charge in [-0.1, -0.05) is 57.9 Å². The molecule has 0 aromatic heterocycles. The van der Waals surface area contributed by atoms with Crippen molar-refractivity contribution in [2.75, 3.05) is 5.33 Å². The highest BCUT2D eigenvalue weighted by molar-refractivity contribution is 9.09. The third-order valence-corrected chi connectivity index (χ3v) is 4.63. The Morgan fingerprint density at radius 3 is 2.57 bits per heavy atom. The Morgan fingerprint density at radius 1 is 1.29 bits per heavy atom. The van der Waals surface area contributed by atoms with Crippen molar-refractivity contribution in [3.63, 3.8) is 0 Å². The molecule has 0 heterocycles. The Bertz CT molecular complexity index is 648. The fourth-order valence-corrected chi connectivity index (χ4v) is 2.63. The molecular weight excluding hydrogens is 354 g/mol. The SMILES string of the molecule is CC(CBr)(NC(=O)c1cc(Cl)ccc1O)c1ccccc1. The van der Waals surface area contributed by atoms with Crippen LogP contribution in [0.4, 0.5) is 0 Å². The summed E-state index contributed by atoms with van der Waals surface area (Å²) in [6.45, 7) is 1.91. The number of hydrogen-bond acceptors (Lipinski definition) is 2. The van der Waals surface area contributed by atoms with Crippen LogP contribution in [0, 0.1) is 0 Å². The molecule has 2 N–H and O–H groups in total. The van der Waals surface area contributed by atoms with E-state index < -0.39 is 5.54 Å². The van der Waals surface area contributed by atoms with Gasteiger partial charge in [-0.05, 0) is 30.7 Å². The second-order valence-corrected chi connectivity index (χ2v) is 5.94. The number of hydrogen-bond donors (Lipinski definition) is 2. The number of halogens is 2. The average Bonchev–Trinajstić information content (AvgIpc) is 2.50. The van der Waals surface area contributed by atoms with E-state index in [1.165, 1.54) is 18.2 Å². The molecule has 110 valence electrons. The summed E-state index contributed by atoms with van der Waals surface area (Å²) in [4.78, 5) is 12.4. The highest BCUT2D eigenvalue weighted by Crippen LogP contribution is 2.26. The Kier molecular flexibility index (Phi) is 4.91. The number of carbonyl (C=O) groups excluding carboxylic acids is 1. The largest absolute Gasteiger partial charge is 0.507 e. The molecule has 21 heavy (non-hydrogen) atoms. The minimum atomic E-state index is -0.590. The predicted octanol–water partition coefficient (Wildman–Crippen LogP) is 4.09. The number of rotatable bonds is 4. The fraction of sp³-hybridized carbons (Fsp3) is 0.188. The van der Waals surface area contributed by atoms with E-state index in [2.05, 4.69) is 21.2 Å². The van der Waals surface area contributed by atoms with Crippen LogP contribution in [0.15, 0.2) is 48.5 Å². The summed E-state index contributed by atoms with van der Waals surface area (Å²) in [6.07, 6.45) is 0. The topological polar surface area (TPSA) is 49.3 Å². The van der Waals surface area contributed by atoms with Gasteiger partial charge in [0.25, 0.3) is 5.91 Å². The maximum atomic E-state index is 12.4. The van der Waals surface area contributed by atoms with E-state index in [1.807, 2.05) is 37.3 Å². The van der Waals surface area contributed by atoms with E-state index >= 15 is 0 Å². The van der Waals surface area contributed by atoms with Crippen LogP contribution in [-0.4, -0.2) is 16.3 Å². The summed E-state index contributed by atoms with van der Waals surface area (Å²) >= 11 is 9.32. The van der Waals surface area contributed by atoms with Crippen LogP contribution < -0.4 is 5.32 Å². The maximum Gasteiger partial charge on any atom is 0.255 e. The van der Waals surface area contributed by atoms with Crippen molar-refractivity contribution >= 4 is 33.4 Å². The summed E-state index contributed by atoms with van der Waals surface area (Å²) in [5, 5.41) is 13.7. The van der Waals surface area contributed by atoms with Crippen LogP contribution >= 0.6 is 27.5 Å². The number of carbonyl (C=O) groups is 1. The van der Waals surface area contributed by atoms with Gasteiger partial charge in [-0.2, -0.15) is 0 Å². The molecule has 0 aliphatic heterocycles. The monoisotopic (exact) mass is 367 g/mol. The van der Waals surface area contributed by atoms with Gasteiger partial charge in [0.2, 0.25) is 0 Å². The van der Waals surface area contributed by atoms with E-state index in [0.29, 0.717) is 10.4 Å². The van der Waals surface area contributed by atoms with E-state index in [4.69, 9.17) is 11.6 Å². The number of benzene rings is 2. The molecule has 0 bridgehead atoms. The molecule has 0 saturated heterocycles. The zero-order valence-corrected chi connectivity index (χ0v) is 13.8. The second-order valence-electron chi connectivity index (χ2n) is 4.95. The van der Waals surface area contributed by atoms with Crippen molar-refractivity contribution < 1.29 is 9.90 Å². The molecular formula is C16H15BrClNO2. The molecule has 0 fully saturated rings. The molecule has 1 atom stereocenters. The van der Waals surface area contributed by atoms with Gasteiger partial charge in [-0.3, -0.25) is 4.79 Å². The lowest BCUT2D eigenvalue weighted by Gasteiger charge is -2.29. The van der Waals surface area contributed by atoms with Gasteiger partial charge in [0.05, 0.1) is 11.1 Å². The molecule has 0 saturated carbocycles. The highest BCUT2D eigenvalue weighted by atomic mass is 79.9. The zero-order chi connectivity index (χ0) is 15.5. The molecule has 1 unspecified atom stereocenters. The summed E-state index contributed by atoms with van der Waals surface area (Å²) < 4.78 is 0. The highest BCUT2D eigenvalue weighted by Gasteiger charge is 2.28. The van der Waals surface area contributed by atoms with Crippen LogP contribution in [0.2, 0.25) is 5.02 Å². The summed E-state index contributed by atoms with van der Waals surface area (Å²) in [5.41, 5.74) is 0.537. The summed E-state index contributed by atoms with van der Waals surface area (Å²) in [7, 11) is 0. The summed E-state index contributed by atoms with van der Waals surface area (Å²) in [6, 6.07) is 14.0. The molecule has 2 aromatic carbocycles. The van der Waals surface area contributed by atoms with Gasteiger partial charge in [-0.25, -0.2) is 0 Å². The van der Waals surface area contributed by atoms with Crippen LogP contribution in [0.3, 0.4) is 0 Å². The molecule has 5 heteroatoms. The number of alkyl halides is 1. The molecule has 1 amide bonds. The van der Waals surface area contributed by atoms with Gasteiger partial charge in [-0.15, -0.1) is 0 Å². The summed E-state index contributed by atoms with van der Waals surface area (Å²) in [5.74, 6) is -0.470. The molecule has 3 nitrogen and oxygen atoms in total. The van der Waals surface area contributed by atoms with Crippen molar-refractivity contribution in [1.29, 1.82) is 0 Å². The first-order valence-electron chi connectivity index (χ1n) is 6.39. The van der Waals surface area contributed by atoms with Gasteiger partial charge in [0, 0.05) is 10.4 Å². The average molecular weight is 369 g/mol. The molecule has 0 radical (unpaired) electrons. The molecule has 0 aliphatic carbocycles. The number of nitrogens with one attached hydrogen (secondary N) is 1. The number of amides is 1. The number of phenols is 1. The lowest BCUT2D eigenvalue weighted by Crippen LogP contribution is -2.44. The lowest BCUT2D eigenvalue weighted by atomic mass is 9.94. The molecule has 0 aliphatic rings. The second kappa shape index (κ2) is 6.50. The molecule has 2 rings (SSSR count). The van der Waals surface area contributed by atoms with Gasteiger partial charge < -0.3 is 10.4 Å². The van der Waals surface area contributed by atoms with Crippen LogP contribution in [-0.2, 0) is 5.54 Å². The van der Waals surface area contributed by atoms with Gasteiger partial charge in [0.15, 0.2) is 0 Å².